The molecule has 0 unspecified atom stereocenters. The Balaban J connectivity index is 1.78. The van der Waals surface area contributed by atoms with Gasteiger partial charge >= 0.3 is 5.97 Å². The minimum Gasteiger partial charge on any atom is -0.466 e. The Bertz CT molecular complexity index is 1100. The van der Waals surface area contributed by atoms with Crippen LogP contribution in [0.5, 0.6) is 0 Å². The van der Waals surface area contributed by atoms with Crippen LogP contribution in [0, 0.1) is 0 Å². The first-order valence-electron chi connectivity index (χ1n) is 9.29. The van der Waals surface area contributed by atoms with E-state index in [1.165, 1.54) is 16.0 Å². The van der Waals surface area contributed by atoms with E-state index in [2.05, 4.69) is 15.4 Å². The fraction of sp³-hybridized carbons (Fsp3) is 0.350. The maximum atomic E-state index is 12.6. The van der Waals surface area contributed by atoms with E-state index in [-0.39, 0.29) is 36.3 Å². The average molecular weight is 414 g/mol. The van der Waals surface area contributed by atoms with Crippen LogP contribution in [0.15, 0.2) is 34.4 Å². The number of hydrogen-bond acceptors (Lipinski definition) is 7. The van der Waals surface area contributed by atoms with E-state index in [0.717, 1.165) is 0 Å². The molecule has 1 amide bonds. The molecule has 152 valence electrons. The number of nitrogens with zero attached hydrogens (tertiary/aromatic N) is 3. The van der Waals surface area contributed by atoms with E-state index < -0.39 is 0 Å². The number of carbonyl (C=O) groups is 2. The normalized spacial score (nSPS) is 11.0. The molecule has 0 saturated carbocycles. The number of amides is 1. The Kier molecular flexibility index (Phi) is 6.38. The summed E-state index contributed by atoms with van der Waals surface area (Å²) in [5.74, 6) is -0.657. The first-order chi connectivity index (χ1) is 13.9. The van der Waals surface area contributed by atoms with Gasteiger partial charge in [-0.2, -0.15) is 5.10 Å². The van der Waals surface area contributed by atoms with Crippen molar-refractivity contribution < 1.29 is 14.3 Å². The van der Waals surface area contributed by atoms with Crippen LogP contribution in [0.4, 0.5) is 5.13 Å². The fourth-order valence-corrected chi connectivity index (χ4v) is 3.60. The van der Waals surface area contributed by atoms with Gasteiger partial charge in [0.15, 0.2) is 5.13 Å². The summed E-state index contributed by atoms with van der Waals surface area (Å²) in [5, 5.41) is 10.4. The van der Waals surface area contributed by atoms with Crippen molar-refractivity contribution in [1.82, 2.24) is 14.8 Å². The molecule has 0 aliphatic rings. The van der Waals surface area contributed by atoms with Gasteiger partial charge in [-0.15, -0.1) is 11.3 Å². The summed E-state index contributed by atoms with van der Waals surface area (Å²) in [7, 11) is 0. The number of aromatic nitrogens is 3. The van der Waals surface area contributed by atoms with Crippen molar-refractivity contribution in [3.8, 4) is 0 Å². The monoisotopic (exact) mass is 414 g/mol. The van der Waals surface area contributed by atoms with Crippen molar-refractivity contribution >= 4 is 39.1 Å². The molecule has 2 heterocycles. The van der Waals surface area contributed by atoms with Gasteiger partial charge in [0.1, 0.15) is 0 Å². The predicted molar refractivity (Wildman–Crippen MR) is 111 cm³/mol. The van der Waals surface area contributed by atoms with E-state index in [1.807, 2.05) is 19.9 Å². The molecule has 9 heteroatoms. The largest absolute Gasteiger partial charge is 0.466 e. The minimum atomic E-state index is -0.359. The van der Waals surface area contributed by atoms with E-state index in [4.69, 9.17) is 4.74 Å². The van der Waals surface area contributed by atoms with Gasteiger partial charge in [0.05, 0.1) is 42.3 Å². The van der Waals surface area contributed by atoms with Crippen LogP contribution >= 0.6 is 11.3 Å². The molecule has 0 bridgehead atoms. The fourth-order valence-electron chi connectivity index (χ4n) is 2.88. The molecular formula is C20H22N4O4S. The highest BCUT2D eigenvalue weighted by atomic mass is 32.1. The average Bonchev–Trinajstić information content (AvgIpc) is 3.10. The highest BCUT2D eigenvalue weighted by Gasteiger charge is 2.16. The Morgan fingerprint density at radius 1 is 1.21 bits per heavy atom. The molecule has 0 spiro atoms. The van der Waals surface area contributed by atoms with Gasteiger partial charge in [-0.25, -0.2) is 9.67 Å². The molecule has 0 aliphatic carbocycles. The first kappa shape index (κ1) is 20.7. The summed E-state index contributed by atoms with van der Waals surface area (Å²) in [6.07, 6.45) is 0.0616. The van der Waals surface area contributed by atoms with Gasteiger partial charge in [0, 0.05) is 10.8 Å². The van der Waals surface area contributed by atoms with Gasteiger partial charge in [-0.05, 0) is 26.8 Å². The Morgan fingerprint density at radius 2 is 1.93 bits per heavy atom. The summed E-state index contributed by atoms with van der Waals surface area (Å²) >= 11 is 1.24. The molecule has 29 heavy (non-hydrogen) atoms. The summed E-state index contributed by atoms with van der Waals surface area (Å²) in [6, 6.07) is 7.00. The standard InChI is InChI=1S/C20H22N4O4S/c1-4-28-18(26)9-13-11-29-20(21-13)22-17(25)10-16-14-7-5-6-8-15(14)19(27)24(23-16)12(2)3/h5-8,11-12H,4,9-10H2,1-3H3,(H,21,22,25). The van der Waals surface area contributed by atoms with E-state index >= 15 is 0 Å². The second-order valence-electron chi connectivity index (χ2n) is 6.69. The smallest absolute Gasteiger partial charge is 0.311 e. The molecule has 0 aliphatic heterocycles. The summed E-state index contributed by atoms with van der Waals surface area (Å²) in [5.41, 5.74) is 0.888. The number of carbonyl (C=O) groups excluding carboxylic acids is 2. The molecule has 8 nitrogen and oxygen atoms in total. The molecule has 0 radical (unpaired) electrons. The number of thiazole rings is 1. The zero-order chi connectivity index (χ0) is 21.0. The van der Waals surface area contributed by atoms with Crippen molar-refractivity contribution in [3.05, 3.63) is 51.4 Å². The lowest BCUT2D eigenvalue weighted by molar-refractivity contribution is -0.142. The van der Waals surface area contributed by atoms with Gasteiger partial charge < -0.3 is 10.1 Å². The lowest BCUT2D eigenvalue weighted by atomic mass is 10.1. The van der Waals surface area contributed by atoms with Gasteiger partial charge in [-0.3, -0.25) is 14.4 Å². The topological polar surface area (TPSA) is 103 Å². The van der Waals surface area contributed by atoms with Gasteiger partial charge in [-0.1, -0.05) is 18.2 Å². The van der Waals surface area contributed by atoms with Crippen LogP contribution in [0.3, 0.4) is 0 Å². The lowest BCUT2D eigenvalue weighted by Crippen LogP contribution is -2.27. The quantitative estimate of drug-likeness (QED) is 0.596. The molecule has 3 aromatic rings. The van der Waals surface area contributed by atoms with E-state index in [9.17, 15) is 14.4 Å². The van der Waals surface area contributed by atoms with E-state index in [1.54, 1.807) is 30.5 Å². The number of esters is 1. The highest BCUT2D eigenvalue weighted by Crippen LogP contribution is 2.18. The van der Waals surface area contributed by atoms with Crippen LogP contribution in [-0.4, -0.2) is 33.2 Å². The molecule has 1 N–H and O–H groups in total. The molecule has 2 aromatic heterocycles. The molecule has 0 atom stereocenters. The van der Waals surface area contributed by atoms with Crippen molar-refractivity contribution in [2.75, 3.05) is 11.9 Å². The summed E-state index contributed by atoms with van der Waals surface area (Å²) in [6.45, 7) is 5.79. The van der Waals surface area contributed by atoms with Crippen LogP contribution in [0.25, 0.3) is 10.8 Å². The third-order valence-electron chi connectivity index (χ3n) is 4.15. The number of nitrogens with one attached hydrogen (secondary N) is 1. The predicted octanol–water partition coefficient (Wildman–Crippen LogP) is 2.72. The maximum Gasteiger partial charge on any atom is 0.311 e. The van der Waals surface area contributed by atoms with Crippen molar-refractivity contribution in [2.24, 2.45) is 0 Å². The number of anilines is 1. The molecule has 3 rings (SSSR count). The number of fused-ring (bicyclic) bond motifs is 1. The van der Waals surface area contributed by atoms with Crippen molar-refractivity contribution in [2.45, 2.75) is 39.7 Å². The highest BCUT2D eigenvalue weighted by molar-refractivity contribution is 7.13. The zero-order valence-corrected chi connectivity index (χ0v) is 17.3. The Hall–Kier alpha value is -3.07. The summed E-state index contributed by atoms with van der Waals surface area (Å²) in [4.78, 5) is 40.9. The third kappa shape index (κ3) is 4.86. The van der Waals surface area contributed by atoms with Crippen LogP contribution in [-0.2, 0) is 27.2 Å². The molecule has 0 fully saturated rings. The third-order valence-corrected chi connectivity index (χ3v) is 4.96. The minimum absolute atomic E-state index is 0.000301. The lowest BCUT2D eigenvalue weighted by Gasteiger charge is -2.13. The molecule has 0 saturated heterocycles. The number of hydrogen-bond donors (Lipinski definition) is 1. The summed E-state index contributed by atoms with van der Waals surface area (Å²) < 4.78 is 6.29. The number of benzene rings is 1. The molecule has 1 aromatic carbocycles. The second kappa shape index (κ2) is 8.95. The number of rotatable bonds is 7. The molecular weight excluding hydrogens is 392 g/mol. The van der Waals surface area contributed by atoms with Crippen LogP contribution in [0.1, 0.15) is 38.2 Å². The van der Waals surface area contributed by atoms with Crippen LogP contribution < -0.4 is 10.9 Å². The van der Waals surface area contributed by atoms with E-state index in [0.29, 0.717) is 33.9 Å². The van der Waals surface area contributed by atoms with Gasteiger partial charge in [0.25, 0.3) is 5.56 Å². The Labute approximate surface area is 171 Å². The van der Waals surface area contributed by atoms with Crippen LogP contribution in [0.2, 0.25) is 0 Å². The van der Waals surface area contributed by atoms with Gasteiger partial charge in [0.2, 0.25) is 5.91 Å². The first-order valence-corrected chi connectivity index (χ1v) is 10.2. The number of ether oxygens (including phenoxy) is 1. The van der Waals surface area contributed by atoms with Crippen molar-refractivity contribution in [1.29, 1.82) is 0 Å². The maximum absolute atomic E-state index is 12.6. The zero-order valence-electron chi connectivity index (χ0n) is 16.5. The SMILES string of the molecule is CCOC(=O)Cc1csc(NC(=O)Cc2nn(C(C)C)c(=O)c3ccccc23)n1. The Morgan fingerprint density at radius 3 is 2.62 bits per heavy atom. The van der Waals surface area contributed by atoms with Crippen molar-refractivity contribution in [3.63, 3.8) is 0 Å². The second-order valence-corrected chi connectivity index (χ2v) is 7.54.